The molecule has 1 aromatic carbocycles. The minimum Gasteiger partial charge on any atom is -0.351 e. The first-order valence-corrected chi connectivity index (χ1v) is 10.6. The van der Waals surface area contributed by atoms with Crippen LogP contribution >= 0.6 is 0 Å². The van der Waals surface area contributed by atoms with Gasteiger partial charge in [0.05, 0.1) is 23.6 Å². The first kappa shape index (κ1) is 21.0. The summed E-state index contributed by atoms with van der Waals surface area (Å²) in [5.41, 5.74) is 2.20. The highest BCUT2D eigenvalue weighted by molar-refractivity contribution is 7.91. The second kappa shape index (κ2) is 8.12. The zero-order valence-corrected chi connectivity index (χ0v) is 16.8. The Labute approximate surface area is 160 Å². The third-order valence-corrected chi connectivity index (χ3v) is 6.28. The summed E-state index contributed by atoms with van der Waals surface area (Å²) in [5.74, 6) is -0.366. The fourth-order valence-corrected chi connectivity index (χ4v) is 4.60. The van der Waals surface area contributed by atoms with Crippen molar-refractivity contribution in [3.8, 4) is 0 Å². The molecule has 0 bridgehead atoms. The van der Waals surface area contributed by atoms with Crippen molar-refractivity contribution in [3.05, 3.63) is 42.0 Å². The van der Waals surface area contributed by atoms with E-state index < -0.39 is 27.3 Å². The van der Waals surface area contributed by atoms with Gasteiger partial charge in [-0.3, -0.25) is 4.79 Å². The largest absolute Gasteiger partial charge is 0.351 e. The molecule has 3 N–H and O–H groups in total. The molecule has 148 valence electrons. The van der Waals surface area contributed by atoms with E-state index in [0.29, 0.717) is 6.42 Å². The van der Waals surface area contributed by atoms with Crippen LogP contribution in [0.4, 0.5) is 4.79 Å². The molecule has 1 aliphatic rings. The van der Waals surface area contributed by atoms with Crippen molar-refractivity contribution in [2.45, 2.75) is 38.8 Å². The van der Waals surface area contributed by atoms with Crippen LogP contribution in [0, 0.1) is 0 Å². The molecule has 1 unspecified atom stereocenters. The van der Waals surface area contributed by atoms with Gasteiger partial charge >= 0.3 is 6.03 Å². The van der Waals surface area contributed by atoms with Crippen molar-refractivity contribution in [2.24, 2.45) is 0 Å². The maximum Gasteiger partial charge on any atom is 0.315 e. The maximum absolute atomic E-state index is 12.2. The Kier molecular flexibility index (Phi) is 6.30. The van der Waals surface area contributed by atoms with Gasteiger partial charge in [-0.25, -0.2) is 13.2 Å². The quantitative estimate of drug-likeness (QED) is 0.682. The Morgan fingerprint density at radius 2 is 2.00 bits per heavy atom. The Bertz CT molecular complexity index is 846. The van der Waals surface area contributed by atoms with Crippen molar-refractivity contribution < 1.29 is 18.0 Å². The highest BCUT2D eigenvalue weighted by Gasteiger charge is 2.29. The molecule has 1 aliphatic heterocycles. The minimum absolute atomic E-state index is 0.0446. The molecule has 3 amide bonds. The summed E-state index contributed by atoms with van der Waals surface area (Å²) in [6.07, 6.45) is 0.409. The molecule has 27 heavy (non-hydrogen) atoms. The highest BCUT2D eigenvalue weighted by atomic mass is 32.2. The van der Waals surface area contributed by atoms with Gasteiger partial charge in [0, 0.05) is 6.04 Å². The summed E-state index contributed by atoms with van der Waals surface area (Å²) in [6, 6.07) is 6.89. The molecular weight excluding hydrogens is 366 g/mol. The number of carbonyl (C=O) groups is 2. The van der Waals surface area contributed by atoms with Crippen LogP contribution in [-0.2, 0) is 20.2 Å². The Morgan fingerprint density at radius 3 is 2.59 bits per heavy atom. The number of nitrogens with one attached hydrogen (secondary N) is 3. The van der Waals surface area contributed by atoms with E-state index in [1.165, 1.54) is 0 Å². The molecule has 0 aromatic heterocycles. The predicted molar refractivity (Wildman–Crippen MR) is 106 cm³/mol. The first-order chi connectivity index (χ1) is 12.5. The zero-order chi connectivity index (χ0) is 20.2. The maximum atomic E-state index is 12.2. The van der Waals surface area contributed by atoms with Crippen LogP contribution in [-0.4, -0.2) is 44.4 Å². The highest BCUT2D eigenvalue weighted by Crippen LogP contribution is 2.23. The number of hydrogen-bond acceptors (Lipinski definition) is 4. The van der Waals surface area contributed by atoms with Gasteiger partial charge in [-0.2, -0.15) is 0 Å². The van der Waals surface area contributed by atoms with E-state index in [1.54, 1.807) is 0 Å². The van der Waals surface area contributed by atoms with Crippen LogP contribution in [0.5, 0.6) is 0 Å². The molecule has 1 fully saturated rings. The standard InChI is InChI=1S/C19H27N3O4S/c1-13(2)14-6-5-7-15(10-14)19(3,4)22-18(24)20-11-17(23)21-16-8-9-27(25,26)12-16/h5-7,10,16H,1,8-9,11-12H2,2-4H3,(H,21,23)(H2,20,22,24). The Morgan fingerprint density at radius 1 is 1.30 bits per heavy atom. The second-order valence-electron chi connectivity index (χ2n) is 7.46. The number of sulfone groups is 1. The molecule has 0 spiro atoms. The molecule has 1 aromatic rings. The van der Waals surface area contributed by atoms with Crippen LogP contribution in [0.3, 0.4) is 0 Å². The molecule has 2 rings (SSSR count). The van der Waals surface area contributed by atoms with Gasteiger partial charge in [0.25, 0.3) is 0 Å². The van der Waals surface area contributed by atoms with E-state index in [1.807, 2.05) is 45.0 Å². The Hall–Kier alpha value is -2.35. The number of hydrogen-bond donors (Lipinski definition) is 3. The normalized spacial score (nSPS) is 18.6. The molecular formula is C19H27N3O4S. The summed E-state index contributed by atoms with van der Waals surface area (Å²) in [7, 11) is -3.06. The monoisotopic (exact) mass is 393 g/mol. The predicted octanol–water partition coefficient (Wildman–Crippen LogP) is 1.56. The minimum atomic E-state index is -3.06. The van der Waals surface area contributed by atoms with Crippen LogP contribution in [0.15, 0.2) is 30.8 Å². The molecule has 1 saturated heterocycles. The van der Waals surface area contributed by atoms with Crippen molar-refractivity contribution in [2.75, 3.05) is 18.1 Å². The van der Waals surface area contributed by atoms with E-state index in [0.717, 1.165) is 16.7 Å². The van der Waals surface area contributed by atoms with Gasteiger partial charge < -0.3 is 16.0 Å². The summed E-state index contributed by atoms with van der Waals surface area (Å²) in [6.45, 7) is 9.36. The summed E-state index contributed by atoms with van der Waals surface area (Å²) >= 11 is 0. The topological polar surface area (TPSA) is 104 Å². The summed E-state index contributed by atoms with van der Waals surface area (Å²) < 4.78 is 22.8. The molecule has 0 aliphatic carbocycles. The molecule has 1 atom stereocenters. The fraction of sp³-hybridized carbons (Fsp3) is 0.474. The average Bonchev–Trinajstić information content (AvgIpc) is 2.91. The molecule has 7 nitrogen and oxygen atoms in total. The first-order valence-electron chi connectivity index (χ1n) is 8.81. The van der Waals surface area contributed by atoms with Crippen LogP contribution < -0.4 is 16.0 Å². The summed E-state index contributed by atoms with van der Waals surface area (Å²) in [4.78, 5) is 24.1. The average molecular weight is 394 g/mol. The molecule has 0 radical (unpaired) electrons. The number of carbonyl (C=O) groups excluding carboxylic acids is 2. The van der Waals surface area contributed by atoms with E-state index in [2.05, 4.69) is 22.5 Å². The lowest BCUT2D eigenvalue weighted by Crippen LogP contribution is -2.49. The second-order valence-corrected chi connectivity index (χ2v) is 9.69. The molecule has 0 saturated carbocycles. The third-order valence-electron chi connectivity index (χ3n) is 4.51. The van der Waals surface area contributed by atoms with Crippen molar-refractivity contribution in [1.82, 2.24) is 16.0 Å². The molecule has 1 heterocycles. The lowest BCUT2D eigenvalue weighted by molar-refractivity contribution is -0.120. The third kappa shape index (κ3) is 6.09. The van der Waals surface area contributed by atoms with Crippen molar-refractivity contribution in [1.29, 1.82) is 0 Å². The van der Waals surface area contributed by atoms with Gasteiger partial charge in [0.15, 0.2) is 9.84 Å². The molecule has 8 heteroatoms. The van der Waals surface area contributed by atoms with E-state index in [9.17, 15) is 18.0 Å². The van der Waals surface area contributed by atoms with Gasteiger partial charge in [0.2, 0.25) is 5.91 Å². The van der Waals surface area contributed by atoms with E-state index >= 15 is 0 Å². The zero-order valence-electron chi connectivity index (χ0n) is 16.0. The number of amides is 3. The summed E-state index contributed by atoms with van der Waals surface area (Å²) in [5, 5.41) is 7.99. The SMILES string of the molecule is C=C(C)c1cccc(C(C)(C)NC(=O)NCC(=O)NC2CCS(=O)(=O)C2)c1. The number of rotatable bonds is 6. The lowest BCUT2D eigenvalue weighted by atomic mass is 9.92. The van der Waals surface area contributed by atoms with Crippen molar-refractivity contribution in [3.63, 3.8) is 0 Å². The van der Waals surface area contributed by atoms with Crippen LogP contribution in [0.2, 0.25) is 0 Å². The number of urea groups is 1. The smallest absolute Gasteiger partial charge is 0.315 e. The van der Waals surface area contributed by atoms with E-state index in [4.69, 9.17) is 0 Å². The fourth-order valence-electron chi connectivity index (χ4n) is 2.92. The van der Waals surface area contributed by atoms with Gasteiger partial charge in [-0.05, 0) is 44.4 Å². The van der Waals surface area contributed by atoms with Crippen LogP contribution in [0.25, 0.3) is 5.57 Å². The van der Waals surface area contributed by atoms with Gasteiger partial charge in [-0.15, -0.1) is 0 Å². The number of benzene rings is 1. The lowest BCUT2D eigenvalue weighted by Gasteiger charge is -2.27. The van der Waals surface area contributed by atoms with E-state index in [-0.39, 0.29) is 24.1 Å². The van der Waals surface area contributed by atoms with Gasteiger partial charge in [-0.1, -0.05) is 30.4 Å². The van der Waals surface area contributed by atoms with Crippen molar-refractivity contribution >= 4 is 27.3 Å². The van der Waals surface area contributed by atoms with Gasteiger partial charge in [0.1, 0.15) is 0 Å². The Balaban J connectivity index is 1.86. The van der Waals surface area contributed by atoms with Crippen LogP contribution in [0.1, 0.15) is 38.3 Å². The number of allylic oxidation sites excluding steroid dienone is 1.